The molecule has 3 rings (SSSR count). The van der Waals surface area contributed by atoms with Crippen LogP contribution in [0, 0.1) is 55.4 Å². The van der Waals surface area contributed by atoms with Gasteiger partial charge < -0.3 is 0 Å². The lowest BCUT2D eigenvalue weighted by atomic mass is 10.0. The first-order valence-electron chi connectivity index (χ1n) is 10.3. The maximum absolute atomic E-state index is 2.24. The Kier molecular flexibility index (Phi) is 12.6. The molecule has 0 aliphatic heterocycles. The second kappa shape index (κ2) is 13.8. The molecule has 0 atom stereocenters. The van der Waals surface area contributed by atoms with Crippen molar-refractivity contribution in [1.82, 2.24) is 0 Å². The van der Waals surface area contributed by atoms with Crippen LogP contribution in [0.1, 0.15) is 58.4 Å². The van der Waals surface area contributed by atoms with E-state index in [0.29, 0.717) is 0 Å². The third-order valence-corrected chi connectivity index (χ3v) is 4.96. The number of aryl methyl sites for hydroxylation is 8. The third-order valence-electron chi connectivity index (χ3n) is 4.96. The zero-order valence-electron chi connectivity index (χ0n) is 19.8. The molecule has 28 heavy (non-hydrogen) atoms. The zero-order chi connectivity index (χ0) is 21.7. The van der Waals surface area contributed by atoms with Gasteiger partial charge in [0.15, 0.2) is 0 Å². The lowest BCUT2D eigenvalue weighted by Crippen LogP contribution is -1.86. The Bertz CT molecular complexity index is 689. The molecule has 0 aromatic heterocycles. The van der Waals surface area contributed by atoms with Crippen LogP contribution in [0.3, 0.4) is 0 Å². The van der Waals surface area contributed by atoms with Gasteiger partial charge in [-0.1, -0.05) is 74.5 Å². The summed E-state index contributed by atoms with van der Waals surface area (Å²) in [5, 5.41) is 0. The minimum atomic E-state index is 1.37. The van der Waals surface area contributed by atoms with E-state index >= 15 is 0 Å². The Morgan fingerprint density at radius 3 is 0.643 bits per heavy atom. The van der Waals surface area contributed by atoms with Gasteiger partial charge in [0, 0.05) is 0 Å². The van der Waals surface area contributed by atoms with Crippen LogP contribution in [-0.4, -0.2) is 0 Å². The quantitative estimate of drug-likeness (QED) is 0.368. The van der Waals surface area contributed by atoms with Crippen molar-refractivity contribution in [3.63, 3.8) is 0 Å². The third kappa shape index (κ3) is 9.55. The largest absolute Gasteiger partial charge is 0.0683 e. The van der Waals surface area contributed by atoms with Crippen molar-refractivity contribution >= 4 is 0 Å². The molecule has 152 valence electrons. The van der Waals surface area contributed by atoms with Gasteiger partial charge >= 0.3 is 0 Å². The van der Waals surface area contributed by atoms with Gasteiger partial charge in [0.25, 0.3) is 0 Å². The molecule has 0 saturated heterocycles. The summed E-state index contributed by atoms with van der Waals surface area (Å²) in [5.41, 5.74) is 11.0. The van der Waals surface area contributed by atoms with Gasteiger partial charge in [0.1, 0.15) is 0 Å². The van der Waals surface area contributed by atoms with E-state index in [9.17, 15) is 0 Å². The molecule has 0 aliphatic rings. The Hall–Kier alpha value is -2.34. The minimum absolute atomic E-state index is 1.37. The second-order valence-corrected chi connectivity index (χ2v) is 7.19. The average molecular weight is 377 g/mol. The Morgan fingerprint density at radius 2 is 0.500 bits per heavy atom. The van der Waals surface area contributed by atoms with Crippen molar-refractivity contribution in [3.8, 4) is 0 Å². The van der Waals surface area contributed by atoms with E-state index in [4.69, 9.17) is 0 Å². The van der Waals surface area contributed by atoms with E-state index in [2.05, 4.69) is 116 Å². The van der Waals surface area contributed by atoms with E-state index < -0.39 is 0 Å². The normalized spacial score (nSPS) is 9.07. The Morgan fingerprint density at radius 1 is 0.321 bits per heavy atom. The van der Waals surface area contributed by atoms with E-state index in [1.165, 1.54) is 44.5 Å². The van der Waals surface area contributed by atoms with Crippen molar-refractivity contribution < 1.29 is 0 Å². The van der Waals surface area contributed by atoms with Crippen LogP contribution in [0.2, 0.25) is 0 Å². The minimum Gasteiger partial charge on any atom is -0.0683 e. The molecule has 0 spiro atoms. The van der Waals surface area contributed by atoms with Crippen molar-refractivity contribution in [2.24, 2.45) is 0 Å². The van der Waals surface area contributed by atoms with Crippen molar-refractivity contribution in [2.75, 3.05) is 0 Å². The standard InChI is InChI=1S/C10H14.2C8H10.C2H6/c1-7-5-9(3)10(4)6-8(7)2;2*1-7-5-3-4-6-8(7)2;1-2/h5-6H,1-4H3;2*3-6H,1-2H3;1-2H3. The Balaban J connectivity index is 0.000000376. The molecule has 0 radical (unpaired) electrons. The Labute approximate surface area is 174 Å². The molecule has 0 fully saturated rings. The van der Waals surface area contributed by atoms with Gasteiger partial charge in [-0.05, 0) is 99.9 Å². The highest BCUT2D eigenvalue weighted by molar-refractivity contribution is 5.35. The first-order valence-corrected chi connectivity index (χ1v) is 10.3. The number of benzene rings is 3. The van der Waals surface area contributed by atoms with Gasteiger partial charge in [-0.3, -0.25) is 0 Å². The molecule has 0 N–H and O–H groups in total. The second-order valence-electron chi connectivity index (χ2n) is 7.19. The van der Waals surface area contributed by atoms with Gasteiger partial charge in [-0.2, -0.15) is 0 Å². The van der Waals surface area contributed by atoms with E-state index in [1.54, 1.807) is 0 Å². The smallest absolute Gasteiger partial charge is 0.0395 e. The molecule has 0 aliphatic carbocycles. The van der Waals surface area contributed by atoms with E-state index in [-0.39, 0.29) is 0 Å². The summed E-state index contributed by atoms with van der Waals surface area (Å²) in [5.74, 6) is 0. The lowest BCUT2D eigenvalue weighted by Gasteiger charge is -2.04. The lowest BCUT2D eigenvalue weighted by molar-refractivity contribution is 1.24. The summed E-state index contributed by atoms with van der Waals surface area (Å²) in [7, 11) is 0. The molecule has 0 amide bonds. The fourth-order valence-corrected chi connectivity index (χ4v) is 2.43. The maximum atomic E-state index is 2.24. The molecule has 0 heterocycles. The SMILES string of the molecule is CC.Cc1cc(C)c(C)cc1C.Cc1ccccc1C.Cc1ccccc1C. The van der Waals surface area contributed by atoms with Crippen molar-refractivity contribution in [1.29, 1.82) is 0 Å². The molecular formula is C28H40. The number of rotatable bonds is 0. The molecule has 0 bridgehead atoms. The van der Waals surface area contributed by atoms with Crippen LogP contribution in [-0.2, 0) is 0 Å². The number of hydrogen-bond donors (Lipinski definition) is 0. The maximum Gasteiger partial charge on any atom is -0.0395 e. The molecule has 3 aromatic carbocycles. The highest BCUT2D eigenvalue weighted by Crippen LogP contribution is 2.13. The van der Waals surface area contributed by atoms with Crippen LogP contribution in [0.15, 0.2) is 60.7 Å². The fraction of sp³-hybridized carbons (Fsp3) is 0.357. The summed E-state index contributed by atoms with van der Waals surface area (Å²) < 4.78 is 0. The predicted octanol–water partition coefficient (Wildman–Crippen LogP) is 8.55. The number of hydrogen-bond acceptors (Lipinski definition) is 0. The fourth-order valence-electron chi connectivity index (χ4n) is 2.43. The zero-order valence-corrected chi connectivity index (χ0v) is 19.8. The highest BCUT2D eigenvalue weighted by Gasteiger charge is 1.95. The summed E-state index contributed by atoms with van der Waals surface area (Å²) in [6.07, 6.45) is 0. The van der Waals surface area contributed by atoms with Crippen molar-refractivity contribution in [3.05, 3.63) is 105 Å². The van der Waals surface area contributed by atoms with Crippen LogP contribution < -0.4 is 0 Å². The van der Waals surface area contributed by atoms with Gasteiger partial charge in [-0.25, -0.2) is 0 Å². The van der Waals surface area contributed by atoms with Crippen LogP contribution in [0.5, 0.6) is 0 Å². The van der Waals surface area contributed by atoms with Crippen LogP contribution in [0.4, 0.5) is 0 Å². The van der Waals surface area contributed by atoms with Gasteiger partial charge in [0.05, 0.1) is 0 Å². The first kappa shape index (κ1) is 25.7. The predicted molar refractivity (Wildman–Crippen MR) is 129 cm³/mol. The summed E-state index contributed by atoms with van der Waals surface area (Å²) in [6, 6.07) is 21.2. The first-order chi connectivity index (χ1) is 13.2. The molecule has 0 unspecified atom stereocenters. The molecule has 3 aromatic rings. The molecule has 0 saturated carbocycles. The summed E-state index contributed by atoms with van der Waals surface area (Å²) >= 11 is 0. The highest BCUT2D eigenvalue weighted by atomic mass is 14.0. The average Bonchev–Trinajstić information content (AvgIpc) is 2.68. The molecule has 0 heteroatoms. The monoisotopic (exact) mass is 376 g/mol. The molecular weight excluding hydrogens is 336 g/mol. The van der Waals surface area contributed by atoms with Gasteiger partial charge in [0.2, 0.25) is 0 Å². The van der Waals surface area contributed by atoms with E-state index in [0.717, 1.165) is 0 Å². The van der Waals surface area contributed by atoms with Crippen LogP contribution >= 0.6 is 0 Å². The summed E-state index contributed by atoms with van der Waals surface area (Å²) in [6.45, 7) is 21.1. The topological polar surface area (TPSA) is 0 Å². The van der Waals surface area contributed by atoms with E-state index in [1.807, 2.05) is 13.8 Å². The van der Waals surface area contributed by atoms with Crippen LogP contribution in [0.25, 0.3) is 0 Å². The van der Waals surface area contributed by atoms with Gasteiger partial charge in [-0.15, -0.1) is 0 Å². The van der Waals surface area contributed by atoms with Crippen molar-refractivity contribution in [2.45, 2.75) is 69.2 Å². The summed E-state index contributed by atoms with van der Waals surface area (Å²) in [4.78, 5) is 0. The molecule has 0 nitrogen and oxygen atoms in total.